The first-order chi connectivity index (χ1) is 19.8. The van der Waals surface area contributed by atoms with Gasteiger partial charge in [-0.25, -0.2) is 4.98 Å². The molecule has 13 heteroatoms. The van der Waals surface area contributed by atoms with Gasteiger partial charge in [0.1, 0.15) is 12.1 Å². The quantitative estimate of drug-likeness (QED) is 0.276. The van der Waals surface area contributed by atoms with Crippen LogP contribution < -0.4 is 0 Å². The summed E-state index contributed by atoms with van der Waals surface area (Å²) < 4.78 is 59.1. The van der Waals surface area contributed by atoms with Crippen molar-refractivity contribution in [1.82, 2.24) is 24.6 Å². The first kappa shape index (κ1) is 27.5. The molecule has 4 heterocycles. The van der Waals surface area contributed by atoms with Crippen LogP contribution >= 0.6 is 11.8 Å². The summed E-state index contributed by atoms with van der Waals surface area (Å²) in [5.41, 5.74) is 0.652. The fourth-order valence-electron chi connectivity index (χ4n) is 4.97. The summed E-state index contributed by atoms with van der Waals surface area (Å²) in [6.45, 7) is 2.10. The lowest BCUT2D eigenvalue weighted by Crippen LogP contribution is -2.47. The van der Waals surface area contributed by atoms with Crippen molar-refractivity contribution in [2.75, 3.05) is 26.3 Å². The van der Waals surface area contributed by atoms with Crippen molar-refractivity contribution in [2.45, 2.75) is 42.1 Å². The number of alkyl halides is 3. The van der Waals surface area contributed by atoms with E-state index in [1.807, 2.05) is 30.3 Å². The molecule has 1 spiro atoms. The molecule has 2 fully saturated rings. The minimum Gasteiger partial charge on any atom is -0.447 e. The van der Waals surface area contributed by atoms with Gasteiger partial charge in [0, 0.05) is 32.4 Å². The zero-order valence-corrected chi connectivity index (χ0v) is 22.7. The number of benzene rings is 2. The van der Waals surface area contributed by atoms with Crippen LogP contribution in [0.4, 0.5) is 13.2 Å². The number of carbonyl (C=O) groups excluding carboxylic acids is 1. The number of piperidine rings is 1. The van der Waals surface area contributed by atoms with E-state index in [0.717, 1.165) is 17.7 Å². The molecule has 6 rings (SSSR count). The van der Waals surface area contributed by atoms with Crippen LogP contribution in [0.2, 0.25) is 0 Å². The number of hydrogen-bond acceptors (Lipinski definition) is 8. The monoisotopic (exact) mass is 585 g/mol. The van der Waals surface area contributed by atoms with Crippen LogP contribution in [-0.2, 0) is 27.8 Å². The first-order valence-electron chi connectivity index (χ1n) is 13.1. The van der Waals surface area contributed by atoms with Crippen molar-refractivity contribution in [2.24, 2.45) is 0 Å². The third-order valence-corrected chi connectivity index (χ3v) is 7.97. The van der Waals surface area contributed by atoms with Crippen LogP contribution in [0.3, 0.4) is 0 Å². The van der Waals surface area contributed by atoms with Crippen molar-refractivity contribution < 1.29 is 31.9 Å². The van der Waals surface area contributed by atoms with Crippen molar-refractivity contribution >= 4 is 17.7 Å². The maximum Gasteiger partial charge on any atom is 0.416 e. The van der Waals surface area contributed by atoms with E-state index in [-0.39, 0.29) is 23.2 Å². The average molecular weight is 586 g/mol. The van der Waals surface area contributed by atoms with Crippen LogP contribution in [0.5, 0.6) is 0 Å². The normalized spacial score (nSPS) is 16.9. The van der Waals surface area contributed by atoms with Crippen molar-refractivity contribution in [3.63, 3.8) is 0 Å². The molecule has 4 aromatic rings. The molecule has 0 radical (unpaired) electrons. The Labute approximate surface area is 237 Å². The molecule has 2 aromatic heterocycles. The van der Waals surface area contributed by atoms with Crippen LogP contribution in [0.15, 0.2) is 70.4 Å². The van der Waals surface area contributed by atoms with Gasteiger partial charge >= 0.3 is 6.18 Å². The number of hydrogen-bond donors (Lipinski definition) is 0. The summed E-state index contributed by atoms with van der Waals surface area (Å²) in [4.78, 5) is 19.1. The number of likely N-dealkylation sites (tertiary alicyclic amines) is 1. The van der Waals surface area contributed by atoms with Gasteiger partial charge in [0.2, 0.25) is 5.89 Å². The second kappa shape index (κ2) is 11.3. The molecule has 0 unspecified atom stereocenters. The molecule has 41 heavy (non-hydrogen) atoms. The topological polar surface area (TPSA) is 95.5 Å². The standard InChI is InChI=1S/C28H26F3N5O4S/c29-28(30,31)20-7-4-8-21(16-20)36-23(15-19-5-2-1-3-6-19)33-34-26(36)41-18-24-32-22(17-38-24)25(37)35-11-9-27(10-12-35)39-13-14-40-27/h1-8,16-17H,9-15,18H2. The Morgan fingerprint density at radius 2 is 1.76 bits per heavy atom. The fraction of sp³-hybridized carbons (Fsp3) is 0.357. The molecule has 0 saturated carbocycles. The summed E-state index contributed by atoms with van der Waals surface area (Å²) in [7, 11) is 0. The highest BCUT2D eigenvalue weighted by Gasteiger charge is 2.41. The zero-order chi connectivity index (χ0) is 28.5. The van der Waals surface area contributed by atoms with Gasteiger partial charge in [0.15, 0.2) is 16.6 Å². The fourth-order valence-corrected chi connectivity index (χ4v) is 5.79. The minimum absolute atomic E-state index is 0.189. The number of ether oxygens (including phenoxy) is 2. The number of nitrogens with zero attached hydrogens (tertiary/aromatic N) is 5. The van der Waals surface area contributed by atoms with Gasteiger partial charge in [0.05, 0.1) is 30.2 Å². The lowest BCUT2D eigenvalue weighted by atomic mass is 10.0. The number of halogens is 3. The summed E-state index contributed by atoms with van der Waals surface area (Å²) in [6, 6.07) is 14.5. The summed E-state index contributed by atoms with van der Waals surface area (Å²) >= 11 is 1.21. The third kappa shape index (κ3) is 6.02. The Balaban J connectivity index is 1.19. The molecule has 2 aliphatic heterocycles. The lowest BCUT2D eigenvalue weighted by molar-refractivity contribution is -0.181. The second-order valence-corrected chi connectivity index (χ2v) is 10.7. The van der Waals surface area contributed by atoms with Gasteiger partial charge in [-0.3, -0.25) is 9.36 Å². The van der Waals surface area contributed by atoms with Crippen LogP contribution in [0, 0.1) is 0 Å². The first-order valence-corrected chi connectivity index (χ1v) is 14.1. The van der Waals surface area contributed by atoms with Gasteiger partial charge in [0.25, 0.3) is 5.91 Å². The Kier molecular flexibility index (Phi) is 7.58. The summed E-state index contributed by atoms with van der Waals surface area (Å²) in [6.07, 6.45) is -1.62. The van der Waals surface area contributed by atoms with E-state index in [1.54, 1.807) is 15.5 Å². The molecule has 9 nitrogen and oxygen atoms in total. The van der Waals surface area contributed by atoms with Crippen molar-refractivity contribution in [3.8, 4) is 5.69 Å². The molecule has 2 aliphatic rings. The number of rotatable bonds is 7. The highest BCUT2D eigenvalue weighted by Crippen LogP contribution is 2.34. The Morgan fingerprint density at radius 3 is 2.49 bits per heavy atom. The van der Waals surface area contributed by atoms with E-state index in [1.165, 1.54) is 24.1 Å². The molecule has 0 aliphatic carbocycles. The minimum atomic E-state index is -4.50. The Hall–Kier alpha value is -3.68. The number of aromatic nitrogens is 4. The van der Waals surface area contributed by atoms with E-state index in [9.17, 15) is 18.0 Å². The molecule has 0 bridgehead atoms. The highest BCUT2D eigenvalue weighted by molar-refractivity contribution is 7.98. The third-order valence-electron chi connectivity index (χ3n) is 7.06. The smallest absolute Gasteiger partial charge is 0.416 e. The van der Waals surface area contributed by atoms with E-state index in [2.05, 4.69) is 15.2 Å². The summed E-state index contributed by atoms with van der Waals surface area (Å²) in [5, 5.41) is 8.94. The molecule has 214 valence electrons. The van der Waals surface area contributed by atoms with Gasteiger partial charge in [-0.2, -0.15) is 13.2 Å². The summed E-state index contributed by atoms with van der Waals surface area (Å²) in [5.74, 6) is 0.143. The maximum absolute atomic E-state index is 13.5. The average Bonchev–Trinajstić information content (AvgIpc) is 3.73. The second-order valence-electron chi connectivity index (χ2n) is 9.76. The number of oxazole rings is 1. The maximum atomic E-state index is 13.5. The molecule has 0 N–H and O–H groups in total. The van der Waals surface area contributed by atoms with Crippen LogP contribution in [-0.4, -0.2) is 62.6 Å². The van der Waals surface area contributed by atoms with E-state index in [4.69, 9.17) is 13.9 Å². The van der Waals surface area contributed by atoms with Gasteiger partial charge in [-0.15, -0.1) is 10.2 Å². The molecule has 2 aromatic carbocycles. The number of thioether (sulfide) groups is 1. The largest absolute Gasteiger partial charge is 0.447 e. The Morgan fingerprint density at radius 1 is 1.00 bits per heavy atom. The van der Waals surface area contributed by atoms with Gasteiger partial charge in [-0.05, 0) is 23.8 Å². The van der Waals surface area contributed by atoms with Crippen molar-refractivity contribution in [3.05, 3.63) is 89.4 Å². The molecular weight excluding hydrogens is 559 g/mol. The molecule has 2 saturated heterocycles. The van der Waals surface area contributed by atoms with Crippen LogP contribution in [0.25, 0.3) is 5.69 Å². The van der Waals surface area contributed by atoms with Crippen molar-refractivity contribution in [1.29, 1.82) is 0 Å². The molecular formula is C28H26F3N5O4S. The number of amides is 1. The van der Waals surface area contributed by atoms with Crippen LogP contribution in [0.1, 0.15) is 46.2 Å². The highest BCUT2D eigenvalue weighted by atomic mass is 32.2. The predicted molar refractivity (Wildman–Crippen MR) is 141 cm³/mol. The number of carbonyl (C=O) groups is 1. The predicted octanol–water partition coefficient (Wildman–Crippen LogP) is 5.14. The SMILES string of the molecule is O=C(c1coc(CSc2nnc(Cc3ccccc3)n2-c2cccc(C(F)(F)F)c2)n1)N1CCC2(CC1)OCCO2. The van der Waals surface area contributed by atoms with E-state index >= 15 is 0 Å². The van der Waals surface area contributed by atoms with Gasteiger partial charge < -0.3 is 18.8 Å². The molecule has 1 amide bonds. The van der Waals surface area contributed by atoms with Gasteiger partial charge in [-0.1, -0.05) is 48.2 Å². The molecule has 0 atom stereocenters. The Bertz CT molecular complexity index is 1510. The zero-order valence-electron chi connectivity index (χ0n) is 21.8. The lowest BCUT2D eigenvalue weighted by Gasteiger charge is -2.37. The van der Waals surface area contributed by atoms with E-state index in [0.29, 0.717) is 62.2 Å². The van der Waals surface area contributed by atoms with E-state index < -0.39 is 17.5 Å².